The van der Waals surface area contributed by atoms with Crippen molar-refractivity contribution >= 4 is 5.91 Å². The lowest BCUT2D eigenvalue weighted by atomic mass is 9.74. The highest BCUT2D eigenvalue weighted by Gasteiger charge is 2.42. The van der Waals surface area contributed by atoms with Crippen molar-refractivity contribution in [3.8, 4) is 5.75 Å². The summed E-state index contributed by atoms with van der Waals surface area (Å²) in [6.45, 7) is 1.92. The molecule has 1 saturated heterocycles. The first-order valence-electron chi connectivity index (χ1n) is 9.78. The first kappa shape index (κ1) is 18.1. The summed E-state index contributed by atoms with van der Waals surface area (Å²) in [4.78, 5) is 15.4. The van der Waals surface area contributed by atoms with Crippen molar-refractivity contribution in [3.63, 3.8) is 0 Å². The van der Waals surface area contributed by atoms with Gasteiger partial charge in [0.25, 0.3) is 0 Å². The van der Waals surface area contributed by atoms with Crippen LogP contribution < -0.4 is 4.74 Å². The lowest BCUT2D eigenvalue weighted by Crippen LogP contribution is -2.49. The van der Waals surface area contributed by atoms with Gasteiger partial charge in [-0.05, 0) is 36.5 Å². The van der Waals surface area contributed by atoms with Crippen LogP contribution in [0.25, 0.3) is 0 Å². The Morgan fingerprint density at radius 2 is 1.78 bits per heavy atom. The number of carbonyl (C=O) groups is 1. The summed E-state index contributed by atoms with van der Waals surface area (Å²) in [7, 11) is 1.91. The Hall–Kier alpha value is -2.33. The second-order valence-corrected chi connectivity index (χ2v) is 7.79. The monoisotopic (exact) mass is 365 g/mol. The molecule has 0 aliphatic carbocycles. The molecule has 27 heavy (non-hydrogen) atoms. The molecule has 2 aromatic rings. The van der Waals surface area contributed by atoms with E-state index in [2.05, 4.69) is 18.2 Å². The minimum Gasteiger partial charge on any atom is -0.488 e. The summed E-state index contributed by atoms with van der Waals surface area (Å²) in [6, 6.07) is 18.5. The fourth-order valence-electron chi connectivity index (χ4n) is 4.36. The largest absolute Gasteiger partial charge is 0.488 e. The van der Waals surface area contributed by atoms with Gasteiger partial charge in [-0.1, -0.05) is 48.5 Å². The quantitative estimate of drug-likeness (QED) is 0.814. The maximum Gasteiger partial charge on any atom is 0.229 e. The lowest BCUT2D eigenvalue weighted by molar-refractivity contribution is -0.147. The molecule has 2 aliphatic heterocycles. The smallest absolute Gasteiger partial charge is 0.229 e. The maximum absolute atomic E-state index is 13.5. The van der Waals surface area contributed by atoms with Crippen molar-refractivity contribution in [2.24, 2.45) is 5.41 Å². The van der Waals surface area contributed by atoms with E-state index in [1.54, 1.807) is 0 Å². The number of amides is 1. The molecule has 0 bridgehead atoms. The highest BCUT2D eigenvalue weighted by molar-refractivity contribution is 5.83. The molecule has 4 rings (SSSR count). The summed E-state index contributed by atoms with van der Waals surface area (Å²) < 4.78 is 11.6. The summed E-state index contributed by atoms with van der Waals surface area (Å²) in [5, 5.41) is 0. The van der Waals surface area contributed by atoms with Gasteiger partial charge in [-0.15, -0.1) is 0 Å². The predicted molar refractivity (Wildman–Crippen MR) is 105 cm³/mol. The Morgan fingerprint density at radius 1 is 1.07 bits per heavy atom. The molecule has 4 nitrogen and oxygen atoms in total. The van der Waals surface area contributed by atoms with E-state index in [9.17, 15) is 4.79 Å². The number of hydrogen-bond acceptors (Lipinski definition) is 3. The van der Waals surface area contributed by atoms with Gasteiger partial charge >= 0.3 is 0 Å². The Morgan fingerprint density at radius 3 is 2.52 bits per heavy atom. The van der Waals surface area contributed by atoms with Crippen LogP contribution in [0, 0.1) is 5.41 Å². The Balaban J connectivity index is 1.46. The first-order valence-corrected chi connectivity index (χ1v) is 9.78. The van der Waals surface area contributed by atoms with E-state index in [-0.39, 0.29) is 17.4 Å². The van der Waals surface area contributed by atoms with E-state index in [0.717, 1.165) is 31.4 Å². The molecule has 0 N–H and O–H groups in total. The molecule has 0 radical (unpaired) electrons. The SMILES string of the molecule is CN(C[C@@H]1Cc2ccccc2O1)C(=O)C1(Cc2ccccc2)CCOCC1. The number of para-hydroxylation sites is 1. The molecule has 2 aliphatic rings. The topological polar surface area (TPSA) is 38.8 Å². The molecule has 0 saturated carbocycles. The molecule has 2 aromatic carbocycles. The average Bonchev–Trinajstić information content (AvgIpc) is 3.11. The molecule has 4 heteroatoms. The number of benzene rings is 2. The van der Waals surface area contributed by atoms with Crippen LogP contribution in [0.5, 0.6) is 5.75 Å². The van der Waals surface area contributed by atoms with Crippen molar-refractivity contribution in [2.75, 3.05) is 26.8 Å². The van der Waals surface area contributed by atoms with Gasteiger partial charge < -0.3 is 14.4 Å². The van der Waals surface area contributed by atoms with Crippen molar-refractivity contribution in [3.05, 3.63) is 65.7 Å². The number of fused-ring (bicyclic) bond motifs is 1. The van der Waals surface area contributed by atoms with E-state index in [1.165, 1.54) is 11.1 Å². The number of hydrogen-bond donors (Lipinski definition) is 0. The summed E-state index contributed by atoms with van der Waals surface area (Å²) in [5.74, 6) is 1.17. The van der Waals surface area contributed by atoms with Crippen molar-refractivity contribution < 1.29 is 14.3 Å². The van der Waals surface area contributed by atoms with Gasteiger partial charge in [0.15, 0.2) is 0 Å². The standard InChI is InChI=1S/C23H27NO3/c1-24(17-20-15-19-9-5-6-10-21(19)27-20)22(25)23(11-13-26-14-12-23)16-18-7-3-2-4-8-18/h2-10,20H,11-17H2,1H3/t20-/m0/s1. The second kappa shape index (κ2) is 7.73. The van der Waals surface area contributed by atoms with Crippen LogP contribution in [0.2, 0.25) is 0 Å². The van der Waals surface area contributed by atoms with Crippen molar-refractivity contribution in [1.29, 1.82) is 0 Å². The van der Waals surface area contributed by atoms with E-state index >= 15 is 0 Å². The highest BCUT2D eigenvalue weighted by atomic mass is 16.5. The van der Waals surface area contributed by atoms with Crippen LogP contribution in [0.3, 0.4) is 0 Å². The number of likely N-dealkylation sites (N-methyl/N-ethyl adjacent to an activating group) is 1. The summed E-state index contributed by atoms with van der Waals surface area (Å²) >= 11 is 0. The number of rotatable bonds is 5. The molecule has 0 aromatic heterocycles. The Bertz CT molecular complexity index is 758. The third-order valence-corrected chi connectivity index (χ3v) is 5.83. The number of ether oxygens (including phenoxy) is 2. The minimum absolute atomic E-state index is 0.0324. The third-order valence-electron chi connectivity index (χ3n) is 5.83. The van der Waals surface area contributed by atoms with Crippen LogP contribution in [0.15, 0.2) is 54.6 Å². The highest BCUT2D eigenvalue weighted by Crippen LogP contribution is 2.37. The van der Waals surface area contributed by atoms with Crippen molar-refractivity contribution in [2.45, 2.75) is 31.8 Å². The van der Waals surface area contributed by atoms with Gasteiger partial charge in [0, 0.05) is 26.7 Å². The molecule has 0 unspecified atom stereocenters. The van der Waals surface area contributed by atoms with E-state index in [0.29, 0.717) is 19.8 Å². The Kier molecular flexibility index (Phi) is 5.17. The third kappa shape index (κ3) is 3.86. The van der Waals surface area contributed by atoms with Gasteiger partial charge in [0.05, 0.1) is 12.0 Å². The molecular weight excluding hydrogens is 338 g/mol. The molecule has 1 fully saturated rings. The summed E-state index contributed by atoms with van der Waals surface area (Å²) in [6.07, 6.45) is 3.22. The normalized spacial score (nSPS) is 20.6. The van der Waals surface area contributed by atoms with Gasteiger partial charge in [-0.3, -0.25) is 4.79 Å². The van der Waals surface area contributed by atoms with E-state index < -0.39 is 0 Å². The second-order valence-electron chi connectivity index (χ2n) is 7.79. The van der Waals surface area contributed by atoms with Gasteiger partial charge in [0.2, 0.25) is 5.91 Å². The average molecular weight is 365 g/mol. The van der Waals surface area contributed by atoms with Gasteiger partial charge in [-0.2, -0.15) is 0 Å². The molecule has 1 atom stereocenters. The van der Waals surface area contributed by atoms with E-state index in [1.807, 2.05) is 48.3 Å². The Labute approximate surface area is 161 Å². The molecule has 2 heterocycles. The number of nitrogens with zero attached hydrogens (tertiary/aromatic N) is 1. The zero-order valence-electron chi connectivity index (χ0n) is 15.9. The zero-order valence-corrected chi connectivity index (χ0v) is 15.9. The number of carbonyl (C=O) groups excluding carboxylic acids is 1. The van der Waals surface area contributed by atoms with Crippen LogP contribution in [-0.4, -0.2) is 43.7 Å². The minimum atomic E-state index is -0.375. The van der Waals surface area contributed by atoms with Crippen molar-refractivity contribution in [1.82, 2.24) is 4.90 Å². The first-order chi connectivity index (χ1) is 13.2. The zero-order chi connectivity index (χ0) is 18.7. The van der Waals surface area contributed by atoms with Crippen LogP contribution in [-0.2, 0) is 22.4 Å². The van der Waals surface area contributed by atoms with Gasteiger partial charge in [-0.25, -0.2) is 0 Å². The van der Waals surface area contributed by atoms with Crippen LogP contribution in [0.1, 0.15) is 24.0 Å². The fourth-order valence-corrected chi connectivity index (χ4v) is 4.36. The molecule has 142 valence electrons. The lowest BCUT2D eigenvalue weighted by Gasteiger charge is -2.39. The van der Waals surface area contributed by atoms with E-state index in [4.69, 9.17) is 9.47 Å². The molecular formula is C23H27NO3. The van der Waals surface area contributed by atoms with Crippen LogP contribution in [0.4, 0.5) is 0 Å². The molecule has 0 spiro atoms. The van der Waals surface area contributed by atoms with Gasteiger partial charge in [0.1, 0.15) is 11.9 Å². The predicted octanol–water partition coefficient (Wildman–Crippen LogP) is 3.49. The molecule has 1 amide bonds. The van der Waals surface area contributed by atoms with Crippen LogP contribution >= 0.6 is 0 Å². The fraction of sp³-hybridized carbons (Fsp3) is 0.435. The summed E-state index contributed by atoms with van der Waals surface area (Å²) in [5.41, 5.74) is 2.07. The maximum atomic E-state index is 13.5.